The van der Waals surface area contributed by atoms with Crippen LogP contribution in [0.5, 0.6) is 0 Å². The van der Waals surface area contributed by atoms with Crippen molar-refractivity contribution in [3.63, 3.8) is 0 Å². The number of unbranched alkanes of at least 4 members (excludes halogenated alkanes) is 9. The number of rotatable bonds is 14. The predicted molar refractivity (Wildman–Crippen MR) is 86.0 cm³/mol. The van der Waals surface area contributed by atoms with Crippen molar-refractivity contribution in [3.05, 3.63) is 12.2 Å². The lowest BCUT2D eigenvalue weighted by Gasteiger charge is -1.99. The molecule has 2 nitrogen and oxygen atoms in total. The Morgan fingerprint density at radius 2 is 1.26 bits per heavy atom. The number of carboxylic acids is 1. The Kier molecular flexibility index (Phi) is 15.5. The Balaban J connectivity index is 3.06. The van der Waals surface area contributed by atoms with Crippen LogP contribution < -0.4 is 0 Å². The van der Waals surface area contributed by atoms with Crippen LogP contribution in [0, 0.1) is 0 Å². The van der Waals surface area contributed by atoms with Crippen molar-refractivity contribution in [1.29, 1.82) is 0 Å². The van der Waals surface area contributed by atoms with Gasteiger partial charge in [0, 0.05) is 11.8 Å². The van der Waals surface area contributed by atoms with E-state index in [0.29, 0.717) is 6.42 Å². The van der Waals surface area contributed by atoms with Crippen molar-refractivity contribution in [1.82, 2.24) is 0 Å². The van der Waals surface area contributed by atoms with Gasteiger partial charge in [0.25, 0.3) is 0 Å². The van der Waals surface area contributed by atoms with Crippen LogP contribution in [0.2, 0.25) is 0 Å². The SMILES string of the molecule is O=C(O)CCCCC=CCCCCCCCCCBr. The van der Waals surface area contributed by atoms with Crippen molar-refractivity contribution in [2.45, 2.75) is 77.0 Å². The first kappa shape index (κ1) is 18.7. The van der Waals surface area contributed by atoms with E-state index in [1.54, 1.807) is 0 Å². The summed E-state index contributed by atoms with van der Waals surface area (Å²) >= 11 is 3.45. The van der Waals surface area contributed by atoms with Gasteiger partial charge in [0.05, 0.1) is 0 Å². The highest BCUT2D eigenvalue weighted by atomic mass is 79.9. The number of aliphatic carboxylic acids is 1. The fourth-order valence-electron chi connectivity index (χ4n) is 2.01. The molecule has 112 valence electrons. The first-order valence-electron chi connectivity index (χ1n) is 7.70. The van der Waals surface area contributed by atoms with Gasteiger partial charge in [0.15, 0.2) is 0 Å². The van der Waals surface area contributed by atoms with Crippen molar-refractivity contribution in [3.8, 4) is 0 Å². The van der Waals surface area contributed by atoms with E-state index in [9.17, 15) is 4.79 Å². The van der Waals surface area contributed by atoms with Crippen molar-refractivity contribution < 1.29 is 9.90 Å². The molecule has 0 bridgehead atoms. The first-order valence-corrected chi connectivity index (χ1v) is 8.82. The lowest BCUT2D eigenvalue weighted by atomic mass is 10.1. The third-order valence-electron chi connectivity index (χ3n) is 3.18. The molecule has 0 atom stereocenters. The molecule has 0 radical (unpaired) electrons. The number of carboxylic acid groups (broad SMARTS) is 1. The van der Waals surface area contributed by atoms with Crippen LogP contribution in [0.4, 0.5) is 0 Å². The highest BCUT2D eigenvalue weighted by Crippen LogP contribution is 2.10. The third kappa shape index (κ3) is 17.7. The lowest BCUT2D eigenvalue weighted by molar-refractivity contribution is -0.137. The van der Waals surface area contributed by atoms with Gasteiger partial charge in [-0.3, -0.25) is 4.79 Å². The largest absolute Gasteiger partial charge is 0.481 e. The number of halogens is 1. The summed E-state index contributed by atoms with van der Waals surface area (Å²) in [5.74, 6) is -0.680. The van der Waals surface area contributed by atoms with E-state index < -0.39 is 5.97 Å². The number of allylic oxidation sites excluding steroid dienone is 2. The third-order valence-corrected chi connectivity index (χ3v) is 3.74. The summed E-state index contributed by atoms with van der Waals surface area (Å²) in [7, 11) is 0. The zero-order valence-corrected chi connectivity index (χ0v) is 13.7. The zero-order chi connectivity index (χ0) is 14.2. The minimum absolute atomic E-state index is 0.308. The summed E-state index contributed by atoms with van der Waals surface area (Å²) in [5.41, 5.74) is 0. The molecule has 1 N–H and O–H groups in total. The van der Waals surface area contributed by atoms with Gasteiger partial charge in [0.2, 0.25) is 0 Å². The summed E-state index contributed by atoms with van der Waals surface area (Å²) in [5, 5.41) is 9.63. The highest BCUT2D eigenvalue weighted by Gasteiger charge is 1.94. The average molecular weight is 333 g/mol. The van der Waals surface area contributed by atoms with Gasteiger partial charge in [-0.05, 0) is 38.5 Å². The second kappa shape index (κ2) is 15.7. The van der Waals surface area contributed by atoms with Crippen LogP contribution in [0.15, 0.2) is 12.2 Å². The molecule has 0 aromatic rings. The zero-order valence-electron chi connectivity index (χ0n) is 12.1. The van der Waals surface area contributed by atoms with Gasteiger partial charge in [-0.1, -0.05) is 60.2 Å². The molecule has 0 unspecified atom stereocenters. The molecule has 0 heterocycles. The highest BCUT2D eigenvalue weighted by molar-refractivity contribution is 9.09. The standard InChI is InChI=1S/C16H29BrO2/c17-15-13-11-9-7-5-3-1-2-4-6-8-10-12-14-16(18)19/h4,6H,1-3,5,7-15H2,(H,18,19). The van der Waals surface area contributed by atoms with Crippen LogP contribution in [0.1, 0.15) is 77.0 Å². The van der Waals surface area contributed by atoms with Crippen LogP contribution in [0.3, 0.4) is 0 Å². The molecule has 0 aliphatic heterocycles. The smallest absolute Gasteiger partial charge is 0.303 e. The second-order valence-electron chi connectivity index (χ2n) is 5.06. The molecule has 0 rings (SSSR count). The Hall–Kier alpha value is -0.310. The number of alkyl halides is 1. The molecular formula is C16H29BrO2. The van der Waals surface area contributed by atoms with Gasteiger partial charge in [-0.2, -0.15) is 0 Å². The maximum Gasteiger partial charge on any atom is 0.303 e. The molecule has 0 saturated carbocycles. The van der Waals surface area contributed by atoms with E-state index in [-0.39, 0.29) is 0 Å². The predicted octanol–water partition coefficient (Wildman–Crippen LogP) is 5.70. The summed E-state index contributed by atoms with van der Waals surface area (Å²) in [6.07, 6.45) is 18.2. The van der Waals surface area contributed by atoms with E-state index in [1.165, 1.54) is 51.4 Å². The number of carbonyl (C=O) groups is 1. The van der Waals surface area contributed by atoms with Gasteiger partial charge in [0.1, 0.15) is 0 Å². The fraction of sp³-hybridized carbons (Fsp3) is 0.812. The summed E-state index contributed by atoms with van der Waals surface area (Å²) in [6.45, 7) is 0. The van der Waals surface area contributed by atoms with Crippen molar-refractivity contribution >= 4 is 21.9 Å². The van der Waals surface area contributed by atoms with Gasteiger partial charge >= 0.3 is 5.97 Å². The summed E-state index contributed by atoms with van der Waals surface area (Å²) in [4.78, 5) is 10.3. The first-order chi connectivity index (χ1) is 9.27. The fourth-order valence-corrected chi connectivity index (χ4v) is 2.41. The minimum Gasteiger partial charge on any atom is -0.481 e. The Morgan fingerprint density at radius 3 is 1.79 bits per heavy atom. The van der Waals surface area contributed by atoms with Crippen molar-refractivity contribution in [2.75, 3.05) is 5.33 Å². The quantitative estimate of drug-likeness (QED) is 0.251. The molecule has 0 amide bonds. The van der Waals surface area contributed by atoms with E-state index in [1.807, 2.05) is 0 Å². The van der Waals surface area contributed by atoms with Crippen LogP contribution in [-0.2, 0) is 4.79 Å². The second-order valence-corrected chi connectivity index (χ2v) is 5.86. The van der Waals surface area contributed by atoms with Crippen LogP contribution in [0.25, 0.3) is 0 Å². The van der Waals surface area contributed by atoms with E-state index in [2.05, 4.69) is 28.1 Å². The monoisotopic (exact) mass is 332 g/mol. The Labute approximate surface area is 126 Å². The van der Waals surface area contributed by atoms with Crippen LogP contribution >= 0.6 is 15.9 Å². The summed E-state index contributed by atoms with van der Waals surface area (Å²) < 4.78 is 0. The average Bonchev–Trinajstić information content (AvgIpc) is 2.39. The van der Waals surface area contributed by atoms with E-state index in [4.69, 9.17) is 5.11 Å². The normalized spacial score (nSPS) is 11.2. The van der Waals surface area contributed by atoms with Gasteiger partial charge in [-0.25, -0.2) is 0 Å². The molecular weight excluding hydrogens is 304 g/mol. The van der Waals surface area contributed by atoms with Crippen LogP contribution in [-0.4, -0.2) is 16.4 Å². The maximum atomic E-state index is 10.3. The molecule has 3 heteroatoms. The van der Waals surface area contributed by atoms with Gasteiger partial charge < -0.3 is 5.11 Å². The lowest BCUT2D eigenvalue weighted by Crippen LogP contribution is -1.92. The number of hydrogen-bond donors (Lipinski definition) is 1. The topological polar surface area (TPSA) is 37.3 Å². The van der Waals surface area contributed by atoms with Crippen molar-refractivity contribution in [2.24, 2.45) is 0 Å². The molecule has 19 heavy (non-hydrogen) atoms. The molecule has 0 spiro atoms. The molecule has 0 saturated heterocycles. The molecule has 0 aliphatic rings. The number of hydrogen-bond acceptors (Lipinski definition) is 1. The Bertz CT molecular complexity index is 227. The van der Waals surface area contributed by atoms with E-state index in [0.717, 1.165) is 24.6 Å². The Morgan fingerprint density at radius 1 is 0.789 bits per heavy atom. The van der Waals surface area contributed by atoms with Gasteiger partial charge in [-0.15, -0.1) is 0 Å². The minimum atomic E-state index is -0.680. The summed E-state index contributed by atoms with van der Waals surface area (Å²) in [6, 6.07) is 0. The molecule has 0 aromatic carbocycles. The molecule has 0 fully saturated rings. The molecule has 0 aliphatic carbocycles. The molecule has 0 aromatic heterocycles. The maximum absolute atomic E-state index is 10.3. The van der Waals surface area contributed by atoms with E-state index >= 15 is 0 Å².